The Bertz CT molecular complexity index is 575. The SMILES string of the molecule is Cc1ccc(-c2ccccc2C(F)(F)F)c(F)n1. The van der Waals surface area contributed by atoms with Crippen LogP contribution in [0.25, 0.3) is 11.1 Å². The maximum atomic E-state index is 13.6. The van der Waals surface area contributed by atoms with Gasteiger partial charge in [0.1, 0.15) is 0 Å². The molecule has 0 spiro atoms. The van der Waals surface area contributed by atoms with Crippen molar-refractivity contribution < 1.29 is 17.6 Å². The smallest absolute Gasteiger partial charge is 0.225 e. The molecule has 5 heteroatoms. The fraction of sp³-hybridized carbons (Fsp3) is 0.154. The highest BCUT2D eigenvalue weighted by atomic mass is 19.4. The summed E-state index contributed by atoms with van der Waals surface area (Å²) in [4.78, 5) is 3.54. The number of halogens is 4. The van der Waals surface area contributed by atoms with Crippen LogP contribution in [-0.2, 0) is 6.18 Å². The first kappa shape index (κ1) is 12.5. The molecule has 0 atom stereocenters. The largest absolute Gasteiger partial charge is 0.417 e. The standard InChI is InChI=1S/C13H9F4N/c1-8-6-7-10(12(14)18-8)9-4-2-3-5-11(9)13(15,16)17/h2-7H,1H3. The van der Waals surface area contributed by atoms with Crippen LogP contribution < -0.4 is 0 Å². The fourth-order valence-corrected chi connectivity index (χ4v) is 1.69. The van der Waals surface area contributed by atoms with Gasteiger partial charge in [0, 0.05) is 11.3 Å². The molecule has 1 heterocycles. The first-order valence-electron chi connectivity index (χ1n) is 5.19. The van der Waals surface area contributed by atoms with Crippen LogP contribution in [0.15, 0.2) is 36.4 Å². The van der Waals surface area contributed by atoms with Gasteiger partial charge < -0.3 is 0 Å². The third-order valence-corrected chi connectivity index (χ3v) is 2.51. The monoisotopic (exact) mass is 255 g/mol. The van der Waals surface area contributed by atoms with Crippen LogP contribution >= 0.6 is 0 Å². The van der Waals surface area contributed by atoms with Crippen molar-refractivity contribution in [2.75, 3.05) is 0 Å². The van der Waals surface area contributed by atoms with E-state index in [0.717, 1.165) is 6.07 Å². The summed E-state index contributed by atoms with van der Waals surface area (Å²) in [6, 6.07) is 7.65. The second-order valence-electron chi connectivity index (χ2n) is 3.83. The molecule has 0 bridgehead atoms. The average molecular weight is 255 g/mol. The number of aromatic nitrogens is 1. The summed E-state index contributed by atoms with van der Waals surface area (Å²) >= 11 is 0. The third-order valence-electron chi connectivity index (χ3n) is 2.51. The van der Waals surface area contributed by atoms with E-state index in [1.165, 1.54) is 30.3 Å². The summed E-state index contributed by atoms with van der Waals surface area (Å²) in [5, 5.41) is 0. The third kappa shape index (κ3) is 2.34. The van der Waals surface area contributed by atoms with Crippen LogP contribution in [0.2, 0.25) is 0 Å². The van der Waals surface area contributed by atoms with Crippen molar-refractivity contribution in [3.63, 3.8) is 0 Å². The van der Waals surface area contributed by atoms with E-state index in [0.29, 0.717) is 5.69 Å². The second-order valence-corrected chi connectivity index (χ2v) is 3.83. The molecule has 0 radical (unpaired) electrons. The molecule has 2 aromatic rings. The van der Waals surface area contributed by atoms with Gasteiger partial charge in [-0.05, 0) is 30.7 Å². The number of alkyl halides is 3. The van der Waals surface area contributed by atoms with Gasteiger partial charge in [-0.2, -0.15) is 17.6 Å². The quantitative estimate of drug-likeness (QED) is 0.549. The van der Waals surface area contributed by atoms with Crippen LogP contribution in [0.5, 0.6) is 0 Å². The Kier molecular flexibility index (Phi) is 3.07. The van der Waals surface area contributed by atoms with Crippen molar-refractivity contribution >= 4 is 0 Å². The van der Waals surface area contributed by atoms with E-state index in [1.54, 1.807) is 6.92 Å². The Morgan fingerprint density at radius 1 is 0.944 bits per heavy atom. The van der Waals surface area contributed by atoms with E-state index in [4.69, 9.17) is 0 Å². The van der Waals surface area contributed by atoms with Crippen molar-refractivity contribution in [2.24, 2.45) is 0 Å². The Balaban J connectivity index is 2.64. The average Bonchev–Trinajstić information content (AvgIpc) is 2.28. The molecule has 2 rings (SSSR count). The van der Waals surface area contributed by atoms with Crippen molar-refractivity contribution in [3.05, 3.63) is 53.6 Å². The van der Waals surface area contributed by atoms with E-state index in [1.807, 2.05) is 0 Å². The Labute approximate surface area is 101 Å². The molecule has 0 N–H and O–H groups in total. The van der Waals surface area contributed by atoms with E-state index >= 15 is 0 Å². The summed E-state index contributed by atoms with van der Waals surface area (Å²) in [6.07, 6.45) is -4.52. The van der Waals surface area contributed by atoms with Crippen LogP contribution in [0.3, 0.4) is 0 Å². The predicted molar refractivity (Wildman–Crippen MR) is 59.4 cm³/mol. The molecule has 0 unspecified atom stereocenters. The number of nitrogens with zero attached hydrogens (tertiary/aromatic N) is 1. The minimum atomic E-state index is -4.52. The normalized spacial score (nSPS) is 11.6. The minimum Gasteiger partial charge on any atom is -0.225 e. The van der Waals surface area contributed by atoms with Crippen molar-refractivity contribution in [2.45, 2.75) is 13.1 Å². The topological polar surface area (TPSA) is 12.9 Å². The molecule has 0 aliphatic heterocycles. The number of aryl methyl sites for hydroxylation is 1. The second kappa shape index (κ2) is 4.40. The lowest BCUT2D eigenvalue weighted by molar-refractivity contribution is -0.137. The molecule has 0 saturated carbocycles. The van der Waals surface area contributed by atoms with E-state index < -0.39 is 17.7 Å². The van der Waals surface area contributed by atoms with Gasteiger partial charge in [-0.3, -0.25) is 0 Å². The minimum absolute atomic E-state index is 0.145. The molecule has 1 aromatic heterocycles. The van der Waals surface area contributed by atoms with Gasteiger partial charge in [-0.25, -0.2) is 4.98 Å². The van der Waals surface area contributed by atoms with Gasteiger partial charge >= 0.3 is 6.18 Å². The summed E-state index contributed by atoms with van der Waals surface area (Å²) in [6.45, 7) is 1.57. The fourth-order valence-electron chi connectivity index (χ4n) is 1.69. The van der Waals surface area contributed by atoms with Gasteiger partial charge in [0.25, 0.3) is 0 Å². The highest BCUT2D eigenvalue weighted by Crippen LogP contribution is 2.37. The molecule has 0 amide bonds. The molecule has 1 aromatic carbocycles. The Morgan fingerprint density at radius 2 is 1.61 bits per heavy atom. The van der Waals surface area contributed by atoms with Gasteiger partial charge in [0.2, 0.25) is 5.95 Å². The predicted octanol–water partition coefficient (Wildman–Crippen LogP) is 4.21. The maximum Gasteiger partial charge on any atom is 0.417 e. The maximum absolute atomic E-state index is 13.6. The molecule has 18 heavy (non-hydrogen) atoms. The molecule has 0 saturated heterocycles. The summed E-state index contributed by atoms with van der Waals surface area (Å²) in [5.41, 5.74) is -0.793. The van der Waals surface area contributed by atoms with Gasteiger partial charge in [-0.15, -0.1) is 0 Å². The molecule has 0 aliphatic rings. The lowest BCUT2D eigenvalue weighted by Gasteiger charge is -2.13. The molecule has 0 fully saturated rings. The van der Waals surface area contributed by atoms with Gasteiger partial charge in [0.15, 0.2) is 0 Å². The first-order valence-corrected chi connectivity index (χ1v) is 5.19. The number of benzene rings is 1. The molecular weight excluding hydrogens is 246 g/mol. The number of hydrogen-bond donors (Lipinski definition) is 0. The highest BCUT2D eigenvalue weighted by molar-refractivity contribution is 5.67. The Morgan fingerprint density at radius 3 is 2.22 bits per heavy atom. The van der Waals surface area contributed by atoms with Crippen LogP contribution in [0.4, 0.5) is 17.6 Å². The van der Waals surface area contributed by atoms with Crippen LogP contribution in [-0.4, -0.2) is 4.98 Å². The highest BCUT2D eigenvalue weighted by Gasteiger charge is 2.33. The zero-order chi connectivity index (χ0) is 13.3. The van der Waals surface area contributed by atoms with Crippen molar-refractivity contribution in [1.82, 2.24) is 4.98 Å². The Hall–Kier alpha value is -1.91. The number of rotatable bonds is 1. The number of hydrogen-bond acceptors (Lipinski definition) is 1. The summed E-state index contributed by atoms with van der Waals surface area (Å²) in [5.74, 6) is -0.897. The molecule has 0 aliphatic carbocycles. The van der Waals surface area contributed by atoms with E-state index in [-0.39, 0.29) is 11.1 Å². The van der Waals surface area contributed by atoms with Crippen molar-refractivity contribution in [1.29, 1.82) is 0 Å². The molecule has 1 nitrogen and oxygen atoms in total. The first-order chi connectivity index (χ1) is 8.39. The van der Waals surface area contributed by atoms with Crippen LogP contribution in [0.1, 0.15) is 11.3 Å². The molecular formula is C13H9F4N. The lowest BCUT2D eigenvalue weighted by Crippen LogP contribution is -2.07. The van der Waals surface area contributed by atoms with Gasteiger partial charge in [-0.1, -0.05) is 18.2 Å². The van der Waals surface area contributed by atoms with Crippen LogP contribution in [0, 0.1) is 12.9 Å². The molecule has 94 valence electrons. The lowest BCUT2D eigenvalue weighted by atomic mass is 10.0. The van der Waals surface area contributed by atoms with E-state index in [9.17, 15) is 17.6 Å². The number of pyridine rings is 1. The van der Waals surface area contributed by atoms with Crippen molar-refractivity contribution in [3.8, 4) is 11.1 Å². The summed E-state index contributed by atoms with van der Waals surface area (Å²) < 4.78 is 52.0. The zero-order valence-corrected chi connectivity index (χ0v) is 9.42. The summed E-state index contributed by atoms with van der Waals surface area (Å²) in [7, 11) is 0. The zero-order valence-electron chi connectivity index (χ0n) is 9.42. The van der Waals surface area contributed by atoms with E-state index in [2.05, 4.69) is 4.98 Å². The van der Waals surface area contributed by atoms with Gasteiger partial charge in [0.05, 0.1) is 5.56 Å².